The Hall–Kier alpha value is -0.140. The van der Waals surface area contributed by atoms with Crippen molar-refractivity contribution in [2.75, 3.05) is 19.6 Å². The van der Waals surface area contributed by atoms with E-state index in [0.29, 0.717) is 5.92 Å². The van der Waals surface area contributed by atoms with Crippen LogP contribution in [0.4, 0.5) is 0 Å². The Kier molecular flexibility index (Phi) is 4.21. The van der Waals surface area contributed by atoms with Crippen molar-refractivity contribution in [1.82, 2.24) is 10.6 Å². The molecule has 1 amide bonds. The molecular formula is C11H12BrIN2O. The van der Waals surface area contributed by atoms with Gasteiger partial charge in [-0.05, 0) is 40.8 Å². The van der Waals surface area contributed by atoms with Crippen LogP contribution in [0.15, 0.2) is 22.7 Å². The van der Waals surface area contributed by atoms with Crippen molar-refractivity contribution in [2.24, 2.45) is 5.92 Å². The summed E-state index contributed by atoms with van der Waals surface area (Å²) in [5.41, 5.74) is 0.746. The lowest BCUT2D eigenvalue weighted by atomic mass is 10.0. The lowest BCUT2D eigenvalue weighted by Crippen LogP contribution is -2.48. The number of hydrogen-bond donors (Lipinski definition) is 2. The highest BCUT2D eigenvalue weighted by Crippen LogP contribution is 2.18. The van der Waals surface area contributed by atoms with Crippen molar-refractivity contribution in [3.05, 3.63) is 31.8 Å². The molecule has 16 heavy (non-hydrogen) atoms. The Labute approximate surface area is 117 Å². The summed E-state index contributed by atoms with van der Waals surface area (Å²) in [6.45, 7) is 2.79. The minimum absolute atomic E-state index is 0.0174. The van der Waals surface area contributed by atoms with Crippen LogP contribution in [0.3, 0.4) is 0 Å². The number of halogens is 2. The highest BCUT2D eigenvalue weighted by molar-refractivity contribution is 14.1. The quantitative estimate of drug-likeness (QED) is 0.770. The molecule has 2 N–H and O–H groups in total. The van der Waals surface area contributed by atoms with Crippen molar-refractivity contribution >= 4 is 44.4 Å². The van der Waals surface area contributed by atoms with Crippen LogP contribution in [0.2, 0.25) is 0 Å². The van der Waals surface area contributed by atoms with Crippen LogP contribution in [0, 0.1) is 9.49 Å². The van der Waals surface area contributed by atoms with Crippen LogP contribution in [0.5, 0.6) is 0 Å². The number of hydrogen-bond acceptors (Lipinski definition) is 2. The van der Waals surface area contributed by atoms with Crippen LogP contribution >= 0.6 is 38.5 Å². The van der Waals surface area contributed by atoms with Gasteiger partial charge in [-0.25, -0.2) is 0 Å². The third-order valence-corrected chi connectivity index (χ3v) is 3.98. The van der Waals surface area contributed by atoms with E-state index in [4.69, 9.17) is 0 Å². The molecule has 0 radical (unpaired) electrons. The van der Waals surface area contributed by atoms with Gasteiger partial charge in [0.25, 0.3) is 5.91 Å². The maximum atomic E-state index is 11.9. The van der Waals surface area contributed by atoms with Crippen LogP contribution in [-0.4, -0.2) is 25.5 Å². The van der Waals surface area contributed by atoms with E-state index in [1.807, 2.05) is 18.2 Å². The Bertz CT molecular complexity index is 407. The number of amides is 1. The first-order valence-corrected chi connectivity index (χ1v) is 6.98. The standard InChI is InChI=1S/C11H12BrIN2O/c12-8-1-2-9(10(13)3-8)11(16)15-6-7-4-14-5-7/h1-3,7,14H,4-6H2,(H,15,16). The number of rotatable bonds is 3. The fourth-order valence-electron chi connectivity index (χ4n) is 1.50. The third kappa shape index (κ3) is 2.95. The second-order valence-corrected chi connectivity index (χ2v) is 5.94. The Morgan fingerprint density at radius 1 is 1.56 bits per heavy atom. The number of nitrogens with one attached hydrogen (secondary N) is 2. The average Bonchev–Trinajstić information content (AvgIpc) is 2.14. The number of carbonyl (C=O) groups is 1. The zero-order valence-electron chi connectivity index (χ0n) is 8.59. The first kappa shape index (κ1) is 12.3. The van der Waals surface area contributed by atoms with Gasteiger partial charge >= 0.3 is 0 Å². The van der Waals surface area contributed by atoms with Crippen molar-refractivity contribution in [1.29, 1.82) is 0 Å². The monoisotopic (exact) mass is 394 g/mol. The van der Waals surface area contributed by atoms with Gasteiger partial charge in [-0.15, -0.1) is 0 Å². The largest absolute Gasteiger partial charge is 0.352 e. The molecule has 1 heterocycles. The molecule has 5 heteroatoms. The SMILES string of the molecule is O=C(NCC1CNC1)c1ccc(Br)cc1I. The van der Waals surface area contributed by atoms with Gasteiger partial charge in [0.15, 0.2) is 0 Å². The predicted octanol–water partition coefficient (Wildman–Crippen LogP) is 2.00. The summed E-state index contributed by atoms with van der Waals surface area (Å²) in [4.78, 5) is 11.9. The summed E-state index contributed by atoms with van der Waals surface area (Å²) < 4.78 is 1.97. The summed E-state index contributed by atoms with van der Waals surface area (Å²) in [6.07, 6.45) is 0. The summed E-state index contributed by atoms with van der Waals surface area (Å²) in [5.74, 6) is 0.612. The predicted molar refractivity (Wildman–Crippen MR) is 75.6 cm³/mol. The van der Waals surface area contributed by atoms with E-state index in [2.05, 4.69) is 49.2 Å². The van der Waals surface area contributed by atoms with E-state index in [9.17, 15) is 4.79 Å². The second-order valence-electron chi connectivity index (χ2n) is 3.86. The summed E-state index contributed by atoms with van der Waals surface area (Å²) in [5, 5.41) is 6.15. The van der Waals surface area contributed by atoms with Gasteiger partial charge in [-0.1, -0.05) is 15.9 Å². The molecule has 0 spiro atoms. The summed E-state index contributed by atoms with van der Waals surface area (Å²) >= 11 is 5.56. The van der Waals surface area contributed by atoms with E-state index in [-0.39, 0.29) is 5.91 Å². The van der Waals surface area contributed by atoms with Crippen LogP contribution in [0.1, 0.15) is 10.4 Å². The maximum Gasteiger partial charge on any atom is 0.252 e. The molecule has 1 aliphatic rings. The molecule has 1 aliphatic heterocycles. The van der Waals surface area contributed by atoms with E-state index in [1.54, 1.807) is 0 Å². The van der Waals surface area contributed by atoms with E-state index >= 15 is 0 Å². The fraction of sp³-hybridized carbons (Fsp3) is 0.364. The molecule has 2 rings (SSSR count). The molecule has 0 bridgehead atoms. The lowest BCUT2D eigenvalue weighted by Gasteiger charge is -2.27. The van der Waals surface area contributed by atoms with Gasteiger partial charge in [-0.3, -0.25) is 4.79 Å². The van der Waals surface area contributed by atoms with Crippen LogP contribution in [0.25, 0.3) is 0 Å². The topological polar surface area (TPSA) is 41.1 Å². The number of benzene rings is 1. The van der Waals surface area contributed by atoms with Crippen LogP contribution < -0.4 is 10.6 Å². The molecule has 0 aromatic heterocycles. The summed E-state index contributed by atoms with van der Waals surface area (Å²) in [6, 6.07) is 5.68. The van der Waals surface area contributed by atoms with Gasteiger partial charge in [-0.2, -0.15) is 0 Å². The average molecular weight is 395 g/mol. The molecule has 1 aromatic rings. The Balaban J connectivity index is 1.96. The molecule has 0 atom stereocenters. The molecule has 3 nitrogen and oxygen atoms in total. The van der Waals surface area contributed by atoms with Crippen LogP contribution in [-0.2, 0) is 0 Å². The summed E-state index contributed by atoms with van der Waals surface area (Å²) in [7, 11) is 0. The fourth-order valence-corrected chi connectivity index (χ4v) is 3.05. The van der Waals surface area contributed by atoms with Crippen molar-refractivity contribution in [3.8, 4) is 0 Å². The Morgan fingerprint density at radius 3 is 2.88 bits per heavy atom. The van der Waals surface area contributed by atoms with E-state index in [1.165, 1.54) is 0 Å². The molecular weight excluding hydrogens is 383 g/mol. The molecule has 0 unspecified atom stereocenters. The third-order valence-electron chi connectivity index (χ3n) is 2.59. The molecule has 0 saturated carbocycles. The normalized spacial score (nSPS) is 15.6. The molecule has 1 saturated heterocycles. The molecule has 1 aromatic carbocycles. The van der Waals surface area contributed by atoms with Crippen molar-refractivity contribution < 1.29 is 4.79 Å². The van der Waals surface area contributed by atoms with E-state index < -0.39 is 0 Å². The minimum atomic E-state index is 0.0174. The van der Waals surface area contributed by atoms with Crippen molar-refractivity contribution in [2.45, 2.75) is 0 Å². The smallest absolute Gasteiger partial charge is 0.252 e. The Morgan fingerprint density at radius 2 is 2.31 bits per heavy atom. The zero-order chi connectivity index (χ0) is 11.5. The van der Waals surface area contributed by atoms with Gasteiger partial charge in [0.05, 0.1) is 5.56 Å². The van der Waals surface area contributed by atoms with Gasteiger partial charge in [0.1, 0.15) is 0 Å². The van der Waals surface area contributed by atoms with E-state index in [0.717, 1.165) is 33.2 Å². The van der Waals surface area contributed by atoms with Gasteiger partial charge < -0.3 is 10.6 Å². The highest BCUT2D eigenvalue weighted by Gasteiger charge is 2.18. The molecule has 86 valence electrons. The first-order valence-electron chi connectivity index (χ1n) is 5.11. The first-order chi connectivity index (χ1) is 7.66. The van der Waals surface area contributed by atoms with Gasteiger partial charge in [0, 0.05) is 33.6 Å². The van der Waals surface area contributed by atoms with Crippen molar-refractivity contribution in [3.63, 3.8) is 0 Å². The highest BCUT2D eigenvalue weighted by atomic mass is 127. The second kappa shape index (κ2) is 5.46. The maximum absolute atomic E-state index is 11.9. The molecule has 0 aliphatic carbocycles. The zero-order valence-corrected chi connectivity index (χ0v) is 12.3. The number of carbonyl (C=O) groups excluding carboxylic acids is 1. The molecule has 1 fully saturated rings. The lowest BCUT2D eigenvalue weighted by molar-refractivity contribution is 0.0941. The minimum Gasteiger partial charge on any atom is -0.352 e. The van der Waals surface area contributed by atoms with Gasteiger partial charge in [0.2, 0.25) is 0 Å².